The Balaban J connectivity index is 1.85. The molecule has 0 unspecified atom stereocenters. The second kappa shape index (κ2) is 7.74. The highest BCUT2D eigenvalue weighted by Gasteiger charge is 2.13. The molecule has 1 saturated heterocycles. The van der Waals surface area contributed by atoms with Gasteiger partial charge in [0.25, 0.3) is 5.91 Å². The van der Waals surface area contributed by atoms with E-state index in [-0.39, 0.29) is 16.7 Å². The van der Waals surface area contributed by atoms with Crippen molar-refractivity contribution in [1.29, 1.82) is 0 Å². The van der Waals surface area contributed by atoms with Crippen LogP contribution in [-0.2, 0) is 9.53 Å². The van der Waals surface area contributed by atoms with E-state index in [1.165, 1.54) is 6.21 Å². The van der Waals surface area contributed by atoms with E-state index in [0.29, 0.717) is 29.8 Å². The van der Waals surface area contributed by atoms with E-state index in [1.807, 2.05) is 4.90 Å². The normalized spacial score (nSPS) is 16.3. The molecule has 1 aliphatic heterocycles. The maximum absolute atomic E-state index is 11.7. The second-order valence-electron chi connectivity index (χ2n) is 4.51. The summed E-state index contributed by atoms with van der Waals surface area (Å²) in [5, 5.41) is 13.6. The Labute approximate surface area is 135 Å². The lowest BCUT2D eigenvalue weighted by molar-refractivity contribution is -0.123. The van der Waals surface area contributed by atoms with Crippen molar-refractivity contribution in [3.63, 3.8) is 0 Å². The number of hydrogen-bond donors (Lipinski definition) is 2. The lowest BCUT2D eigenvalue weighted by Gasteiger charge is -2.25. The third-order valence-corrected chi connectivity index (χ3v) is 3.81. The maximum Gasteiger partial charge on any atom is 0.254 e. The van der Waals surface area contributed by atoms with Crippen molar-refractivity contribution < 1.29 is 14.6 Å². The number of rotatable bonds is 4. The minimum absolute atomic E-state index is 0.0230. The predicted octanol–water partition coefficient (Wildman–Crippen LogP) is 1.59. The zero-order valence-corrected chi connectivity index (χ0v) is 13.5. The summed E-state index contributed by atoms with van der Waals surface area (Å²) in [6, 6.07) is 3.21. The fraction of sp³-hybridized carbons (Fsp3) is 0.385. The number of carbonyl (C=O) groups is 1. The number of halogens is 2. The van der Waals surface area contributed by atoms with Crippen LogP contribution >= 0.6 is 27.5 Å². The molecule has 0 bridgehead atoms. The third-order valence-electron chi connectivity index (χ3n) is 2.91. The third kappa shape index (κ3) is 4.96. The molecule has 2 rings (SSSR count). The zero-order chi connectivity index (χ0) is 15.2. The molecule has 6 nitrogen and oxygen atoms in total. The number of aromatic hydroxyl groups is 1. The standard InChI is InChI=1S/C13H15BrClN3O3/c14-10-5-9(6-11(15)13(10)20)7-16-17-12(19)8-18-1-3-21-4-2-18/h5-7,20H,1-4,8H2,(H,17,19)/b16-7+. The summed E-state index contributed by atoms with van der Waals surface area (Å²) < 4.78 is 5.68. The molecule has 0 spiro atoms. The first-order valence-corrected chi connectivity index (χ1v) is 7.53. The fourth-order valence-electron chi connectivity index (χ4n) is 1.84. The van der Waals surface area contributed by atoms with Gasteiger partial charge in [-0.05, 0) is 33.6 Å². The number of morpholine rings is 1. The van der Waals surface area contributed by atoms with E-state index in [1.54, 1.807) is 12.1 Å². The van der Waals surface area contributed by atoms with E-state index in [0.717, 1.165) is 13.1 Å². The number of nitrogens with one attached hydrogen (secondary N) is 1. The molecule has 1 aromatic rings. The first-order chi connectivity index (χ1) is 10.1. The number of amides is 1. The number of phenolic OH excluding ortho intramolecular Hbond substituents is 1. The van der Waals surface area contributed by atoms with Crippen LogP contribution in [0, 0.1) is 0 Å². The van der Waals surface area contributed by atoms with Gasteiger partial charge in [-0.2, -0.15) is 5.10 Å². The smallest absolute Gasteiger partial charge is 0.254 e. The van der Waals surface area contributed by atoms with Crippen molar-refractivity contribution in [3.05, 3.63) is 27.2 Å². The van der Waals surface area contributed by atoms with Crippen molar-refractivity contribution >= 4 is 39.7 Å². The van der Waals surface area contributed by atoms with Gasteiger partial charge in [0.1, 0.15) is 5.75 Å². The van der Waals surface area contributed by atoms with Gasteiger partial charge in [-0.15, -0.1) is 0 Å². The van der Waals surface area contributed by atoms with Crippen molar-refractivity contribution in [3.8, 4) is 5.75 Å². The van der Waals surface area contributed by atoms with Crippen LogP contribution in [0.5, 0.6) is 5.75 Å². The van der Waals surface area contributed by atoms with Gasteiger partial charge in [-0.1, -0.05) is 11.6 Å². The molecule has 114 valence electrons. The molecule has 1 aromatic carbocycles. The molecule has 21 heavy (non-hydrogen) atoms. The van der Waals surface area contributed by atoms with E-state index in [2.05, 4.69) is 26.5 Å². The van der Waals surface area contributed by atoms with E-state index in [9.17, 15) is 9.90 Å². The Morgan fingerprint density at radius 1 is 1.52 bits per heavy atom. The van der Waals surface area contributed by atoms with Crippen LogP contribution in [0.2, 0.25) is 5.02 Å². The maximum atomic E-state index is 11.7. The van der Waals surface area contributed by atoms with Gasteiger partial charge in [0.05, 0.1) is 35.5 Å². The minimum atomic E-state index is -0.183. The van der Waals surface area contributed by atoms with E-state index < -0.39 is 0 Å². The molecule has 0 aliphatic carbocycles. The summed E-state index contributed by atoms with van der Waals surface area (Å²) in [6.45, 7) is 3.09. The summed E-state index contributed by atoms with van der Waals surface area (Å²) in [5.74, 6) is -0.206. The number of hydrazone groups is 1. The highest BCUT2D eigenvalue weighted by atomic mass is 79.9. The van der Waals surface area contributed by atoms with Crippen molar-refractivity contribution in [2.24, 2.45) is 5.10 Å². The number of phenols is 1. The predicted molar refractivity (Wildman–Crippen MR) is 83.8 cm³/mol. The largest absolute Gasteiger partial charge is 0.505 e. The Morgan fingerprint density at radius 2 is 2.24 bits per heavy atom. The van der Waals surface area contributed by atoms with Gasteiger partial charge in [-0.25, -0.2) is 5.43 Å². The average Bonchev–Trinajstić information content (AvgIpc) is 2.45. The quantitative estimate of drug-likeness (QED) is 0.618. The highest BCUT2D eigenvalue weighted by Crippen LogP contribution is 2.32. The Kier molecular flexibility index (Phi) is 5.98. The van der Waals surface area contributed by atoms with Crippen LogP contribution in [0.1, 0.15) is 5.56 Å². The van der Waals surface area contributed by atoms with Gasteiger partial charge in [0, 0.05) is 13.1 Å². The van der Waals surface area contributed by atoms with Crippen LogP contribution in [0.15, 0.2) is 21.7 Å². The zero-order valence-electron chi connectivity index (χ0n) is 11.2. The minimum Gasteiger partial charge on any atom is -0.505 e. The van der Waals surface area contributed by atoms with Crippen LogP contribution in [0.4, 0.5) is 0 Å². The summed E-state index contributed by atoms with van der Waals surface area (Å²) in [5.41, 5.74) is 3.12. The van der Waals surface area contributed by atoms with Crippen molar-refractivity contribution in [2.45, 2.75) is 0 Å². The monoisotopic (exact) mass is 375 g/mol. The van der Waals surface area contributed by atoms with Gasteiger partial charge in [-0.3, -0.25) is 9.69 Å². The fourth-order valence-corrected chi connectivity index (χ4v) is 2.66. The number of nitrogens with zero attached hydrogens (tertiary/aromatic N) is 2. The van der Waals surface area contributed by atoms with E-state index in [4.69, 9.17) is 16.3 Å². The lowest BCUT2D eigenvalue weighted by Crippen LogP contribution is -2.42. The summed E-state index contributed by atoms with van der Waals surface area (Å²) >= 11 is 9.02. The van der Waals surface area contributed by atoms with Crippen LogP contribution in [0.3, 0.4) is 0 Å². The molecule has 1 aliphatic rings. The molecule has 0 radical (unpaired) electrons. The van der Waals surface area contributed by atoms with E-state index >= 15 is 0 Å². The first-order valence-electron chi connectivity index (χ1n) is 6.36. The molecule has 8 heteroatoms. The second-order valence-corrected chi connectivity index (χ2v) is 5.78. The van der Waals surface area contributed by atoms with Crippen LogP contribution in [0.25, 0.3) is 0 Å². The molecule has 1 heterocycles. The Morgan fingerprint density at radius 3 is 2.90 bits per heavy atom. The molecule has 1 fully saturated rings. The number of hydrogen-bond acceptors (Lipinski definition) is 5. The summed E-state index contributed by atoms with van der Waals surface area (Å²) in [6.07, 6.45) is 1.47. The van der Waals surface area contributed by atoms with Crippen molar-refractivity contribution in [2.75, 3.05) is 32.8 Å². The van der Waals surface area contributed by atoms with Gasteiger partial charge >= 0.3 is 0 Å². The molecule has 0 atom stereocenters. The number of carbonyl (C=O) groups excluding carboxylic acids is 1. The average molecular weight is 377 g/mol. The lowest BCUT2D eigenvalue weighted by atomic mass is 10.2. The summed E-state index contributed by atoms with van der Waals surface area (Å²) in [7, 11) is 0. The molecule has 1 amide bonds. The van der Waals surface area contributed by atoms with Gasteiger partial charge in [0.2, 0.25) is 0 Å². The molecule has 0 saturated carbocycles. The first kappa shape index (κ1) is 16.2. The Hall–Kier alpha value is -1.15. The number of benzene rings is 1. The van der Waals surface area contributed by atoms with Crippen molar-refractivity contribution in [1.82, 2.24) is 10.3 Å². The molecular formula is C13H15BrClN3O3. The highest BCUT2D eigenvalue weighted by molar-refractivity contribution is 9.10. The van der Waals surface area contributed by atoms with Gasteiger partial charge < -0.3 is 9.84 Å². The molecular weight excluding hydrogens is 362 g/mol. The topological polar surface area (TPSA) is 74.2 Å². The van der Waals surface area contributed by atoms with Gasteiger partial charge in [0.15, 0.2) is 0 Å². The van der Waals surface area contributed by atoms with Crippen LogP contribution < -0.4 is 5.43 Å². The Bertz CT molecular complexity index is 524. The molecule has 2 N–H and O–H groups in total. The van der Waals surface area contributed by atoms with Crippen LogP contribution in [-0.4, -0.2) is 55.0 Å². The SMILES string of the molecule is O=C(CN1CCOCC1)N/N=C/c1cc(Cl)c(O)c(Br)c1. The number of ether oxygens (including phenoxy) is 1. The molecule has 0 aromatic heterocycles. The summed E-state index contributed by atoms with van der Waals surface area (Å²) in [4.78, 5) is 13.7.